The first kappa shape index (κ1) is 9.15. The smallest absolute Gasteiger partial charge is 0.231 e. The molecule has 0 aromatic carbocycles. The number of hydrogen-bond acceptors (Lipinski definition) is 5. The molecule has 1 saturated heterocycles. The Hall–Kier alpha value is -1.10. The van der Waals surface area contributed by atoms with Crippen LogP contribution in [0.3, 0.4) is 0 Å². The standard InChI is InChI=1S/C9H12ClN5/c10-7-12-8(11)14-9(13-7)15-4-5-1-2-6(15)3-5/h5-6H,1-4H2,(H2,11,12,13,14). The van der Waals surface area contributed by atoms with Crippen LogP contribution in [-0.4, -0.2) is 27.5 Å². The highest BCUT2D eigenvalue weighted by Gasteiger charge is 2.39. The van der Waals surface area contributed by atoms with E-state index in [0.717, 1.165) is 12.5 Å². The predicted octanol–water partition coefficient (Wildman–Crippen LogP) is 1.10. The van der Waals surface area contributed by atoms with E-state index in [-0.39, 0.29) is 11.2 Å². The second-order valence-corrected chi connectivity index (χ2v) is 4.59. The number of nitrogen functional groups attached to an aromatic ring is 1. The second kappa shape index (κ2) is 3.20. The minimum absolute atomic E-state index is 0.181. The largest absolute Gasteiger partial charge is 0.368 e. The van der Waals surface area contributed by atoms with Crippen LogP contribution in [0.2, 0.25) is 5.28 Å². The molecule has 2 bridgehead atoms. The monoisotopic (exact) mass is 225 g/mol. The first-order chi connectivity index (χ1) is 7.22. The van der Waals surface area contributed by atoms with Gasteiger partial charge in [0.2, 0.25) is 17.2 Å². The van der Waals surface area contributed by atoms with Gasteiger partial charge in [-0.25, -0.2) is 0 Å². The minimum Gasteiger partial charge on any atom is -0.368 e. The van der Waals surface area contributed by atoms with Gasteiger partial charge in [-0.1, -0.05) is 0 Å². The summed E-state index contributed by atoms with van der Waals surface area (Å²) in [5.41, 5.74) is 5.55. The van der Waals surface area contributed by atoms with Crippen molar-refractivity contribution in [3.63, 3.8) is 0 Å². The molecule has 1 aliphatic heterocycles. The Balaban J connectivity index is 1.93. The molecule has 1 aromatic heterocycles. The van der Waals surface area contributed by atoms with E-state index in [0.29, 0.717) is 12.0 Å². The second-order valence-electron chi connectivity index (χ2n) is 4.25. The van der Waals surface area contributed by atoms with Crippen LogP contribution in [0.15, 0.2) is 0 Å². The number of anilines is 2. The summed E-state index contributed by atoms with van der Waals surface area (Å²) in [6.07, 6.45) is 3.81. The lowest BCUT2D eigenvalue weighted by Crippen LogP contribution is -2.33. The Labute approximate surface area is 92.7 Å². The SMILES string of the molecule is Nc1nc(Cl)nc(N2CC3CCC2C3)n1. The summed E-state index contributed by atoms with van der Waals surface area (Å²) in [4.78, 5) is 14.2. The zero-order chi connectivity index (χ0) is 10.4. The maximum Gasteiger partial charge on any atom is 0.231 e. The number of fused-ring (bicyclic) bond motifs is 2. The summed E-state index contributed by atoms with van der Waals surface area (Å²) in [6.45, 7) is 1.03. The molecular weight excluding hydrogens is 214 g/mol. The molecule has 1 aromatic rings. The highest BCUT2D eigenvalue weighted by molar-refractivity contribution is 6.28. The van der Waals surface area contributed by atoms with Crippen molar-refractivity contribution in [3.8, 4) is 0 Å². The molecule has 80 valence electrons. The van der Waals surface area contributed by atoms with Crippen molar-refractivity contribution < 1.29 is 0 Å². The molecule has 0 spiro atoms. The molecule has 2 N–H and O–H groups in total. The average molecular weight is 226 g/mol. The lowest BCUT2D eigenvalue weighted by Gasteiger charge is -2.26. The summed E-state index contributed by atoms with van der Waals surface area (Å²) in [5.74, 6) is 1.64. The van der Waals surface area contributed by atoms with Crippen LogP contribution in [-0.2, 0) is 0 Å². The minimum atomic E-state index is 0.181. The van der Waals surface area contributed by atoms with Crippen molar-refractivity contribution in [2.45, 2.75) is 25.3 Å². The Morgan fingerprint density at radius 2 is 2.13 bits per heavy atom. The molecular formula is C9H12ClN5. The average Bonchev–Trinajstić information content (AvgIpc) is 2.76. The van der Waals surface area contributed by atoms with E-state index >= 15 is 0 Å². The fourth-order valence-electron chi connectivity index (χ4n) is 2.65. The Kier molecular flexibility index (Phi) is 1.95. The van der Waals surface area contributed by atoms with E-state index < -0.39 is 0 Å². The van der Waals surface area contributed by atoms with E-state index in [4.69, 9.17) is 17.3 Å². The van der Waals surface area contributed by atoms with Gasteiger partial charge in [-0.3, -0.25) is 0 Å². The van der Waals surface area contributed by atoms with Crippen molar-refractivity contribution in [1.29, 1.82) is 0 Å². The molecule has 15 heavy (non-hydrogen) atoms. The number of aromatic nitrogens is 3. The van der Waals surface area contributed by atoms with E-state index in [1.54, 1.807) is 0 Å². The lowest BCUT2D eigenvalue weighted by molar-refractivity contribution is 0.546. The van der Waals surface area contributed by atoms with E-state index in [1.807, 2.05) is 0 Å². The predicted molar refractivity (Wildman–Crippen MR) is 57.7 cm³/mol. The first-order valence-corrected chi connectivity index (χ1v) is 5.54. The number of rotatable bonds is 1. The zero-order valence-corrected chi connectivity index (χ0v) is 8.98. The fraction of sp³-hybridized carbons (Fsp3) is 0.667. The summed E-state index contributed by atoms with van der Waals surface area (Å²) in [5, 5.41) is 0.181. The van der Waals surface area contributed by atoms with Gasteiger partial charge in [0.25, 0.3) is 0 Å². The molecule has 1 saturated carbocycles. The van der Waals surface area contributed by atoms with Gasteiger partial charge in [-0.2, -0.15) is 15.0 Å². The molecule has 1 aliphatic carbocycles. The molecule has 0 radical (unpaired) electrons. The van der Waals surface area contributed by atoms with Crippen molar-refractivity contribution in [2.75, 3.05) is 17.2 Å². The molecule has 5 nitrogen and oxygen atoms in total. The van der Waals surface area contributed by atoms with E-state index in [2.05, 4.69) is 19.9 Å². The first-order valence-electron chi connectivity index (χ1n) is 5.16. The third-order valence-electron chi connectivity index (χ3n) is 3.28. The molecule has 2 unspecified atom stereocenters. The number of nitrogens with zero attached hydrogens (tertiary/aromatic N) is 4. The summed E-state index contributed by atoms with van der Waals surface area (Å²) in [6, 6.07) is 0.577. The van der Waals surface area contributed by atoms with Gasteiger partial charge in [-0.05, 0) is 36.8 Å². The summed E-state index contributed by atoms with van der Waals surface area (Å²) in [7, 11) is 0. The van der Waals surface area contributed by atoms with Gasteiger partial charge in [0, 0.05) is 12.6 Å². The van der Waals surface area contributed by atoms with Crippen LogP contribution in [0.1, 0.15) is 19.3 Å². The van der Waals surface area contributed by atoms with Crippen LogP contribution in [0.5, 0.6) is 0 Å². The highest BCUT2D eigenvalue weighted by Crippen LogP contribution is 2.39. The zero-order valence-electron chi connectivity index (χ0n) is 8.23. The van der Waals surface area contributed by atoms with E-state index in [1.165, 1.54) is 19.3 Å². The molecule has 2 aliphatic rings. The van der Waals surface area contributed by atoms with Crippen molar-refractivity contribution in [3.05, 3.63) is 5.28 Å². The van der Waals surface area contributed by atoms with Crippen LogP contribution < -0.4 is 10.6 Å². The number of halogens is 1. The van der Waals surface area contributed by atoms with E-state index in [9.17, 15) is 0 Å². The van der Waals surface area contributed by atoms with Gasteiger partial charge in [0.1, 0.15) is 0 Å². The van der Waals surface area contributed by atoms with Crippen molar-refractivity contribution in [1.82, 2.24) is 15.0 Å². The highest BCUT2D eigenvalue weighted by atomic mass is 35.5. The van der Waals surface area contributed by atoms with Crippen molar-refractivity contribution >= 4 is 23.5 Å². The van der Waals surface area contributed by atoms with Crippen LogP contribution in [0.25, 0.3) is 0 Å². The van der Waals surface area contributed by atoms with Gasteiger partial charge in [-0.15, -0.1) is 0 Å². The van der Waals surface area contributed by atoms with Gasteiger partial charge < -0.3 is 10.6 Å². The molecule has 2 atom stereocenters. The van der Waals surface area contributed by atoms with Crippen LogP contribution >= 0.6 is 11.6 Å². The summed E-state index contributed by atoms with van der Waals surface area (Å²) >= 11 is 5.76. The van der Waals surface area contributed by atoms with Gasteiger partial charge >= 0.3 is 0 Å². The van der Waals surface area contributed by atoms with Crippen LogP contribution in [0.4, 0.5) is 11.9 Å². The Morgan fingerprint density at radius 3 is 2.73 bits per heavy atom. The molecule has 0 amide bonds. The molecule has 3 rings (SSSR count). The van der Waals surface area contributed by atoms with Gasteiger partial charge in [0.15, 0.2) is 0 Å². The summed E-state index contributed by atoms with van der Waals surface area (Å²) < 4.78 is 0. The molecule has 6 heteroatoms. The maximum absolute atomic E-state index is 5.76. The number of nitrogens with two attached hydrogens (primary N) is 1. The fourth-order valence-corrected chi connectivity index (χ4v) is 2.81. The van der Waals surface area contributed by atoms with Gasteiger partial charge in [0.05, 0.1) is 0 Å². The maximum atomic E-state index is 5.76. The normalized spacial score (nSPS) is 28.7. The topological polar surface area (TPSA) is 67.9 Å². The Bertz CT molecular complexity index is 376. The molecule has 2 heterocycles. The number of piperidine rings is 1. The quantitative estimate of drug-likeness (QED) is 0.775. The number of hydrogen-bond donors (Lipinski definition) is 1. The van der Waals surface area contributed by atoms with Crippen LogP contribution in [0, 0.1) is 5.92 Å². The lowest BCUT2D eigenvalue weighted by atomic mass is 10.1. The third kappa shape index (κ3) is 1.51. The Morgan fingerprint density at radius 1 is 1.27 bits per heavy atom. The third-order valence-corrected chi connectivity index (χ3v) is 3.45. The van der Waals surface area contributed by atoms with Crippen molar-refractivity contribution in [2.24, 2.45) is 5.92 Å². The molecule has 2 fully saturated rings.